The molecule has 33 heavy (non-hydrogen) atoms. The van der Waals surface area contributed by atoms with Gasteiger partial charge in [0.15, 0.2) is 0 Å². The lowest BCUT2D eigenvalue weighted by molar-refractivity contribution is -0.317. The molecule has 3 aliphatic rings. The van der Waals surface area contributed by atoms with Crippen LogP contribution in [0.4, 0.5) is 0 Å². The molecule has 5 heteroatoms. The minimum Gasteiger partial charge on any atom is -0.507 e. The van der Waals surface area contributed by atoms with Crippen molar-refractivity contribution in [3.63, 3.8) is 0 Å². The highest BCUT2D eigenvalue weighted by Gasteiger charge is 2.56. The van der Waals surface area contributed by atoms with E-state index in [0.29, 0.717) is 24.0 Å². The van der Waals surface area contributed by atoms with E-state index in [-0.39, 0.29) is 16.8 Å². The predicted molar refractivity (Wildman–Crippen MR) is 128 cm³/mol. The number of fused-ring (bicyclic) bond motifs is 2. The van der Waals surface area contributed by atoms with Crippen LogP contribution in [-0.4, -0.2) is 23.8 Å². The summed E-state index contributed by atoms with van der Waals surface area (Å²) in [5, 5.41) is 10.9. The summed E-state index contributed by atoms with van der Waals surface area (Å²) in [6, 6.07) is 3.89. The number of hydrogen-bond donors (Lipinski definition) is 1. The van der Waals surface area contributed by atoms with Crippen molar-refractivity contribution in [1.29, 1.82) is 0 Å². The van der Waals surface area contributed by atoms with Crippen molar-refractivity contribution in [2.45, 2.75) is 92.1 Å². The molecule has 2 aliphatic carbocycles. The molecule has 1 aromatic rings. The maximum Gasteiger partial charge on any atom is 0.342 e. The molecule has 1 N–H and O–H groups in total. The van der Waals surface area contributed by atoms with Crippen LogP contribution >= 0.6 is 0 Å². The Morgan fingerprint density at radius 2 is 1.82 bits per heavy atom. The molecule has 182 valence electrons. The van der Waals surface area contributed by atoms with E-state index in [1.54, 1.807) is 7.11 Å². The molecule has 2 unspecified atom stereocenters. The van der Waals surface area contributed by atoms with Crippen molar-refractivity contribution in [3.05, 3.63) is 34.4 Å². The molecular weight excluding hydrogens is 416 g/mol. The van der Waals surface area contributed by atoms with E-state index >= 15 is 0 Å². The molecule has 0 amide bonds. The van der Waals surface area contributed by atoms with E-state index in [1.807, 2.05) is 32.9 Å². The van der Waals surface area contributed by atoms with Gasteiger partial charge in [0.25, 0.3) is 0 Å². The topological polar surface area (TPSA) is 65.0 Å². The maximum absolute atomic E-state index is 12.2. The number of benzene rings is 1. The normalized spacial score (nSPS) is 34.0. The lowest BCUT2D eigenvalue weighted by Crippen LogP contribution is -2.53. The molecule has 1 aliphatic heterocycles. The minimum atomic E-state index is -0.610. The van der Waals surface area contributed by atoms with Gasteiger partial charge in [0.2, 0.25) is 0 Å². The molecule has 0 bridgehead atoms. The van der Waals surface area contributed by atoms with Gasteiger partial charge in [-0.05, 0) is 111 Å². The van der Waals surface area contributed by atoms with Crippen molar-refractivity contribution in [1.82, 2.24) is 0 Å². The number of hydrogen-bond acceptors (Lipinski definition) is 5. The standard InChI is InChI=1S/C28H40O5/c1-17-14-20(31-7)15-19(25(17)30)16-28(6)18(2)12-13-27(5)22-9-11-24(29)32-33-26(3,4)21(22)8-10-23(27)28/h14-15,18,23,30H,8-13,16H2,1-7H3/t18-,23-,27?,28?/m0/s1. The van der Waals surface area contributed by atoms with Crippen LogP contribution in [0.3, 0.4) is 0 Å². The van der Waals surface area contributed by atoms with Crippen molar-refractivity contribution in [2.24, 2.45) is 22.7 Å². The summed E-state index contributed by atoms with van der Waals surface area (Å²) in [6.45, 7) is 13.2. The van der Waals surface area contributed by atoms with Gasteiger partial charge in [-0.1, -0.05) is 26.3 Å². The first kappa shape index (κ1) is 24.1. The lowest BCUT2D eigenvalue weighted by Gasteiger charge is -2.60. The van der Waals surface area contributed by atoms with Gasteiger partial charge in [-0.25, -0.2) is 4.79 Å². The highest BCUT2D eigenvalue weighted by molar-refractivity contribution is 5.69. The molecule has 1 fully saturated rings. The van der Waals surface area contributed by atoms with Gasteiger partial charge in [0.1, 0.15) is 17.1 Å². The van der Waals surface area contributed by atoms with Gasteiger partial charge in [-0.2, -0.15) is 4.89 Å². The summed E-state index contributed by atoms with van der Waals surface area (Å²) in [4.78, 5) is 22.9. The molecule has 0 saturated heterocycles. The Kier molecular flexibility index (Phi) is 6.09. The van der Waals surface area contributed by atoms with Crippen LogP contribution in [0.25, 0.3) is 0 Å². The highest BCUT2D eigenvalue weighted by atomic mass is 17.2. The van der Waals surface area contributed by atoms with Crippen molar-refractivity contribution in [3.8, 4) is 11.5 Å². The van der Waals surface area contributed by atoms with E-state index in [2.05, 4.69) is 20.8 Å². The third kappa shape index (κ3) is 3.96. The number of methoxy groups -OCH3 is 1. The van der Waals surface area contributed by atoms with Gasteiger partial charge >= 0.3 is 5.97 Å². The molecule has 1 aromatic carbocycles. The summed E-state index contributed by atoms with van der Waals surface area (Å²) in [5.41, 5.74) is 3.93. The van der Waals surface area contributed by atoms with E-state index in [4.69, 9.17) is 14.5 Å². The number of phenolic OH excluding ortho intramolecular Hbond substituents is 1. The second kappa shape index (κ2) is 8.33. The first-order chi connectivity index (χ1) is 15.4. The third-order valence-corrected chi connectivity index (χ3v) is 9.33. The molecule has 1 heterocycles. The Morgan fingerprint density at radius 3 is 2.52 bits per heavy atom. The fraction of sp³-hybridized carbons (Fsp3) is 0.679. The molecule has 0 radical (unpaired) electrons. The molecule has 4 atom stereocenters. The zero-order valence-corrected chi connectivity index (χ0v) is 21.3. The average Bonchev–Trinajstić information content (AvgIpc) is 2.76. The number of aromatic hydroxyl groups is 1. The van der Waals surface area contributed by atoms with Crippen LogP contribution in [0, 0.1) is 29.6 Å². The zero-order chi connectivity index (χ0) is 24.2. The van der Waals surface area contributed by atoms with Crippen LogP contribution in [0.1, 0.15) is 84.3 Å². The summed E-state index contributed by atoms with van der Waals surface area (Å²) in [5.74, 6) is 1.86. The number of allylic oxidation sites excluding steroid dienone is 1. The lowest BCUT2D eigenvalue weighted by atomic mass is 9.45. The molecule has 4 rings (SSSR count). The third-order valence-electron chi connectivity index (χ3n) is 9.33. The van der Waals surface area contributed by atoms with Crippen LogP contribution in [0.15, 0.2) is 23.3 Å². The summed E-state index contributed by atoms with van der Waals surface area (Å²) < 4.78 is 5.52. The van der Waals surface area contributed by atoms with Gasteiger partial charge in [0.05, 0.1) is 13.5 Å². The first-order valence-electron chi connectivity index (χ1n) is 12.4. The Hall–Kier alpha value is -2.01. The number of aryl methyl sites for hydroxylation is 1. The van der Waals surface area contributed by atoms with Crippen molar-refractivity contribution >= 4 is 5.97 Å². The Labute approximate surface area is 198 Å². The van der Waals surface area contributed by atoms with Crippen LogP contribution in [0.2, 0.25) is 0 Å². The van der Waals surface area contributed by atoms with Gasteiger partial charge in [-0.15, -0.1) is 0 Å². The Balaban J connectivity index is 1.78. The SMILES string of the molecule is COc1cc(C)c(O)c(CC2(C)[C@@H](C)CCC3(C)C4=C(CC[C@@H]32)C(C)(C)OOC(=O)CC4)c1. The molecule has 0 spiro atoms. The van der Waals surface area contributed by atoms with Gasteiger partial charge < -0.3 is 9.84 Å². The zero-order valence-electron chi connectivity index (χ0n) is 21.3. The molecule has 0 aromatic heterocycles. The number of phenols is 1. The van der Waals surface area contributed by atoms with Gasteiger partial charge in [-0.3, -0.25) is 4.89 Å². The van der Waals surface area contributed by atoms with E-state index in [9.17, 15) is 9.90 Å². The summed E-state index contributed by atoms with van der Waals surface area (Å²) >= 11 is 0. The van der Waals surface area contributed by atoms with Crippen LogP contribution in [0.5, 0.6) is 11.5 Å². The monoisotopic (exact) mass is 456 g/mol. The van der Waals surface area contributed by atoms with E-state index in [0.717, 1.165) is 55.4 Å². The van der Waals surface area contributed by atoms with Crippen LogP contribution < -0.4 is 4.74 Å². The van der Waals surface area contributed by atoms with E-state index in [1.165, 1.54) is 11.1 Å². The first-order valence-corrected chi connectivity index (χ1v) is 12.4. The minimum absolute atomic E-state index is 0.00335. The number of carbonyl (C=O) groups excluding carboxylic acids is 1. The maximum atomic E-state index is 12.2. The second-order valence-electron chi connectivity index (χ2n) is 11.6. The average molecular weight is 457 g/mol. The fourth-order valence-corrected chi connectivity index (χ4v) is 7.23. The van der Waals surface area contributed by atoms with E-state index < -0.39 is 5.60 Å². The number of rotatable bonds is 3. The Bertz CT molecular complexity index is 977. The smallest absolute Gasteiger partial charge is 0.342 e. The molecule has 1 saturated carbocycles. The second-order valence-corrected chi connectivity index (χ2v) is 11.6. The largest absolute Gasteiger partial charge is 0.507 e. The number of ether oxygens (including phenoxy) is 1. The summed E-state index contributed by atoms with van der Waals surface area (Å²) in [6.07, 6.45) is 6.16. The molecule has 5 nitrogen and oxygen atoms in total. The Morgan fingerprint density at radius 1 is 1.09 bits per heavy atom. The predicted octanol–water partition coefficient (Wildman–Crippen LogP) is 6.45. The number of carbonyl (C=O) groups is 1. The van der Waals surface area contributed by atoms with Gasteiger partial charge in [0, 0.05) is 0 Å². The van der Waals surface area contributed by atoms with Crippen molar-refractivity contribution in [2.75, 3.05) is 7.11 Å². The summed E-state index contributed by atoms with van der Waals surface area (Å²) in [7, 11) is 1.68. The quantitative estimate of drug-likeness (QED) is 0.418. The van der Waals surface area contributed by atoms with Crippen LogP contribution in [-0.2, 0) is 21.0 Å². The fourth-order valence-electron chi connectivity index (χ4n) is 7.23. The van der Waals surface area contributed by atoms with Crippen molar-refractivity contribution < 1.29 is 24.4 Å². The molecular formula is C28H40O5. The highest BCUT2D eigenvalue weighted by Crippen LogP contribution is 2.64.